The third kappa shape index (κ3) is 15.8. The number of nitrogens with zero attached hydrogens (tertiary/aromatic N) is 3. The van der Waals surface area contributed by atoms with Crippen LogP contribution in [-0.4, -0.2) is 143 Å². The second kappa shape index (κ2) is 27.5. The quantitative estimate of drug-likeness (QED) is 0.175. The largest absolute Gasteiger partial charge is 0.357 e. The maximum atomic E-state index is 14.7. The zero-order valence-corrected chi connectivity index (χ0v) is 39.5. The average Bonchev–Trinajstić information content (AvgIpc) is 3.78. The van der Waals surface area contributed by atoms with Crippen molar-refractivity contribution in [1.29, 1.82) is 0 Å². The van der Waals surface area contributed by atoms with Crippen molar-refractivity contribution < 1.29 is 38.4 Å². The third-order valence-electron chi connectivity index (χ3n) is 12.0. The monoisotopic (exact) mass is 899 g/mol. The Kier molecular flexibility index (Phi) is 23.0. The normalized spacial score (nSPS) is 25.4. The lowest BCUT2D eigenvalue weighted by Gasteiger charge is -2.37. The van der Waals surface area contributed by atoms with Crippen LogP contribution >= 0.6 is 11.8 Å². The van der Waals surface area contributed by atoms with E-state index in [0.29, 0.717) is 57.9 Å². The number of benzene rings is 1. The molecule has 3 rings (SSSR count). The predicted molar refractivity (Wildman–Crippen MR) is 245 cm³/mol. The van der Waals surface area contributed by atoms with Gasteiger partial charge in [-0.2, -0.15) is 0 Å². The highest BCUT2D eigenvalue weighted by Crippen LogP contribution is 2.25. The Morgan fingerprint density at radius 1 is 0.667 bits per heavy atom. The summed E-state index contributed by atoms with van der Waals surface area (Å²) in [5, 5.41) is 14.0. The zero-order valence-electron chi connectivity index (χ0n) is 38.7. The molecule has 0 bridgehead atoms. The van der Waals surface area contributed by atoms with Crippen LogP contribution in [0.2, 0.25) is 0 Å². The fourth-order valence-electron chi connectivity index (χ4n) is 8.12. The first-order valence-corrected chi connectivity index (χ1v) is 24.3. The standard InChI is InChI=1S/C46H74N8O8S/c1-8-12-22-32-42(58)51-35(40(56)47-5)29-63-30-39(55)48-34(28-31-20-17-16-18-21-31)44(60)53(7)37(25-15-11-4)46(62)54-27-19-26-38(54)45(61)52(6)36(24-14-10-3)43(59)50-33(23-13-9-2)41(57)49-32/h16-18,20-21,32-38H,8-15,19,22-30H2,1-7H3,(H,47,56)(H,48,55)(H,49,57)(H,50,59)(H,51,58)/t32-,33-,34-,35-,36-,37-,38-/m0/s1. The zero-order chi connectivity index (χ0) is 46.5. The van der Waals surface area contributed by atoms with E-state index < -0.39 is 83.6 Å². The molecule has 5 N–H and O–H groups in total. The highest BCUT2D eigenvalue weighted by Gasteiger charge is 2.43. The van der Waals surface area contributed by atoms with Crippen LogP contribution in [0.15, 0.2) is 30.3 Å². The molecule has 0 aliphatic carbocycles. The Morgan fingerprint density at radius 2 is 1.21 bits per heavy atom. The number of unbranched alkanes of at least 4 members (excludes halogenated alkanes) is 4. The number of amides is 8. The minimum atomic E-state index is -1.07. The minimum absolute atomic E-state index is 0.00957. The van der Waals surface area contributed by atoms with Crippen molar-refractivity contribution in [1.82, 2.24) is 41.3 Å². The van der Waals surface area contributed by atoms with Gasteiger partial charge in [-0.15, -0.1) is 11.8 Å². The predicted octanol–water partition coefficient (Wildman–Crippen LogP) is 3.07. The van der Waals surface area contributed by atoms with Crippen molar-refractivity contribution >= 4 is 59.0 Å². The van der Waals surface area contributed by atoms with Gasteiger partial charge in [0.2, 0.25) is 47.3 Å². The Labute approximate surface area is 378 Å². The topological polar surface area (TPSA) is 206 Å². The third-order valence-corrected chi connectivity index (χ3v) is 13.0. The number of carbonyl (C=O) groups excluding carboxylic acids is 8. The molecule has 2 heterocycles. The number of likely N-dealkylation sites (N-methyl/N-ethyl adjacent to an activating group) is 3. The van der Waals surface area contributed by atoms with Gasteiger partial charge in [0.1, 0.15) is 42.3 Å². The highest BCUT2D eigenvalue weighted by atomic mass is 32.2. The molecule has 0 spiro atoms. The van der Waals surface area contributed by atoms with Crippen LogP contribution in [0.1, 0.15) is 123 Å². The summed E-state index contributed by atoms with van der Waals surface area (Å²) < 4.78 is 0. The molecule has 16 nitrogen and oxygen atoms in total. The van der Waals surface area contributed by atoms with Crippen molar-refractivity contribution in [3.8, 4) is 0 Å². The van der Waals surface area contributed by atoms with Gasteiger partial charge in [-0.1, -0.05) is 109 Å². The fourth-order valence-corrected chi connectivity index (χ4v) is 8.98. The van der Waals surface area contributed by atoms with Crippen LogP contribution in [0, 0.1) is 0 Å². The molecule has 2 fully saturated rings. The molecule has 1 aromatic rings. The van der Waals surface area contributed by atoms with E-state index in [-0.39, 0.29) is 36.7 Å². The van der Waals surface area contributed by atoms with Crippen molar-refractivity contribution in [3.05, 3.63) is 35.9 Å². The summed E-state index contributed by atoms with van der Waals surface area (Å²) in [6.45, 7) is 8.18. The number of thioether (sulfide) groups is 1. The Hall–Kier alpha value is -4.67. The molecule has 352 valence electrons. The van der Waals surface area contributed by atoms with E-state index in [9.17, 15) is 38.4 Å². The average molecular weight is 899 g/mol. The van der Waals surface area contributed by atoms with Crippen molar-refractivity contribution in [2.75, 3.05) is 39.2 Å². The second-order valence-electron chi connectivity index (χ2n) is 16.8. The smallest absolute Gasteiger partial charge is 0.246 e. The lowest BCUT2D eigenvalue weighted by atomic mass is 10.0. The van der Waals surface area contributed by atoms with E-state index in [4.69, 9.17) is 0 Å². The molecular weight excluding hydrogens is 825 g/mol. The van der Waals surface area contributed by atoms with Crippen LogP contribution in [-0.2, 0) is 44.8 Å². The molecule has 0 unspecified atom stereocenters. The van der Waals surface area contributed by atoms with E-state index >= 15 is 0 Å². The molecule has 8 amide bonds. The van der Waals surface area contributed by atoms with Gasteiger partial charge in [0.25, 0.3) is 0 Å². The lowest BCUT2D eigenvalue weighted by Crippen LogP contribution is -2.60. The number of carbonyl (C=O) groups is 8. The first kappa shape index (κ1) is 52.7. The van der Waals surface area contributed by atoms with Crippen molar-refractivity contribution in [2.45, 2.75) is 166 Å². The van der Waals surface area contributed by atoms with Crippen LogP contribution in [0.25, 0.3) is 0 Å². The highest BCUT2D eigenvalue weighted by molar-refractivity contribution is 8.00. The minimum Gasteiger partial charge on any atom is -0.357 e. The molecule has 1 aromatic carbocycles. The summed E-state index contributed by atoms with van der Waals surface area (Å²) in [5.74, 6) is -4.00. The van der Waals surface area contributed by atoms with Gasteiger partial charge in [0.15, 0.2) is 0 Å². The van der Waals surface area contributed by atoms with Crippen LogP contribution < -0.4 is 26.6 Å². The van der Waals surface area contributed by atoms with E-state index in [0.717, 1.165) is 43.0 Å². The fraction of sp³-hybridized carbons (Fsp3) is 0.696. The van der Waals surface area contributed by atoms with Gasteiger partial charge in [-0.3, -0.25) is 38.4 Å². The molecule has 2 aliphatic rings. The van der Waals surface area contributed by atoms with Gasteiger partial charge in [-0.25, -0.2) is 0 Å². The Balaban J connectivity index is 2.12. The Morgan fingerprint density at radius 3 is 1.79 bits per heavy atom. The summed E-state index contributed by atoms with van der Waals surface area (Å²) in [5.41, 5.74) is 0.792. The first-order chi connectivity index (χ1) is 30.2. The number of fused-ring (bicyclic) bond motifs is 1. The van der Waals surface area contributed by atoms with Crippen LogP contribution in [0.4, 0.5) is 0 Å². The maximum absolute atomic E-state index is 14.7. The summed E-state index contributed by atoms with van der Waals surface area (Å²) in [6, 6.07) is 2.31. The number of hydrogen-bond donors (Lipinski definition) is 5. The molecule has 63 heavy (non-hydrogen) atoms. The van der Waals surface area contributed by atoms with Crippen molar-refractivity contribution in [2.24, 2.45) is 0 Å². The van der Waals surface area contributed by atoms with E-state index in [1.807, 2.05) is 58.0 Å². The molecule has 17 heteroatoms. The van der Waals surface area contributed by atoms with Crippen LogP contribution in [0.3, 0.4) is 0 Å². The molecule has 2 saturated heterocycles. The first-order valence-electron chi connectivity index (χ1n) is 23.1. The molecule has 0 aromatic heterocycles. The van der Waals surface area contributed by atoms with Gasteiger partial charge in [-0.05, 0) is 44.1 Å². The molecular formula is C46H74N8O8S. The summed E-state index contributed by atoms with van der Waals surface area (Å²) >= 11 is 1.10. The van der Waals surface area contributed by atoms with Crippen LogP contribution in [0.5, 0.6) is 0 Å². The number of rotatable bonds is 15. The number of nitrogens with one attached hydrogen (secondary N) is 5. The van der Waals surface area contributed by atoms with Gasteiger partial charge in [0.05, 0.1) is 5.75 Å². The second-order valence-corrected chi connectivity index (χ2v) is 17.8. The van der Waals surface area contributed by atoms with Gasteiger partial charge >= 0.3 is 0 Å². The molecule has 0 saturated carbocycles. The van der Waals surface area contributed by atoms with Gasteiger partial charge in [0, 0.05) is 39.9 Å². The van der Waals surface area contributed by atoms with E-state index in [1.165, 1.54) is 16.8 Å². The summed E-state index contributed by atoms with van der Waals surface area (Å²) in [6.07, 6.45) is 7.69. The number of hydrogen-bond acceptors (Lipinski definition) is 9. The maximum Gasteiger partial charge on any atom is 0.246 e. The molecule has 0 radical (unpaired) electrons. The Bertz CT molecular complexity index is 1680. The molecule has 7 atom stereocenters. The molecule has 2 aliphatic heterocycles. The van der Waals surface area contributed by atoms with E-state index in [2.05, 4.69) is 26.6 Å². The lowest BCUT2D eigenvalue weighted by molar-refractivity contribution is -0.152. The van der Waals surface area contributed by atoms with Gasteiger partial charge < -0.3 is 41.3 Å². The SMILES string of the molecule is CCCC[C@@H]1NC(=O)[C@H](CCCC)NC(=O)[C@H](CCCC)N(C)C(=O)[C@@H]2CCCN2C(=O)[C@H](CCCC)N(C)C(=O)[C@H](Cc2ccccc2)NC(=O)CSC[C@@H](C(=O)NC)NC1=O. The summed E-state index contributed by atoms with van der Waals surface area (Å²) in [4.78, 5) is 117. The van der Waals surface area contributed by atoms with E-state index in [1.54, 1.807) is 19.0 Å². The van der Waals surface area contributed by atoms with Crippen molar-refractivity contribution in [3.63, 3.8) is 0 Å². The summed E-state index contributed by atoms with van der Waals surface area (Å²) in [7, 11) is 4.55.